The lowest BCUT2D eigenvalue weighted by Gasteiger charge is -2.35. The van der Waals surface area contributed by atoms with Crippen LogP contribution < -0.4 is 15.2 Å². The van der Waals surface area contributed by atoms with E-state index in [1.54, 1.807) is 56.3 Å². The number of nitrogens with zero attached hydrogens (tertiary/aromatic N) is 2. The molecule has 1 aliphatic heterocycles. The highest BCUT2D eigenvalue weighted by Crippen LogP contribution is 2.58. The largest absolute Gasteiger partial charge is 0.457 e. The van der Waals surface area contributed by atoms with Crippen LogP contribution in [0.2, 0.25) is 0 Å². The number of aryl methyl sites for hydroxylation is 1. The smallest absolute Gasteiger partial charge is 0.411 e. The Bertz CT molecular complexity index is 1820. The minimum absolute atomic E-state index is 0.0243. The van der Waals surface area contributed by atoms with E-state index < -0.39 is 45.4 Å². The van der Waals surface area contributed by atoms with Crippen LogP contribution in [0.1, 0.15) is 37.9 Å². The number of carbonyl (C=O) groups is 2. The molecule has 1 N–H and O–H groups in total. The molecule has 1 amide bonds. The molecule has 1 aromatic heterocycles. The Kier molecular flexibility index (Phi) is 6.48. The van der Waals surface area contributed by atoms with Gasteiger partial charge in [-0.1, -0.05) is 50.2 Å². The third-order valence-electron chi connectivity index (χ3n) is 7.98. The molecule has 2 aliphatic rings. The van der Waals surface area contributed by atoms with Crippen LogP contribution in [0.15, 0.2) is 101 Å². The SMILES string of the molecule is Cc1[nH]n(-c2ccc(Oc3ccccc3)cc2)c(=O)c1C1(C(F)(F)F)C(=O)N(c2ccccc2)C2=C1C(=O)CC(C)(C)C2. The summed E-state index contributed by atoms with van der Waals surface area (Å²) in [5, 5.41) is 2.73. The lowest BCUT2D eigenvalue weighted by atomic mass is 9.66. The molecule has 3 aromatic carbocycles. The molecule has 0 fully saturated rings. The molecule has 1 unspecified atom stereocenters. The number of aromatic nitrogens is 2. The first-order valence-corrected chi connectivity index (χ1v) is 13.7. The summed E-state index contributed by atoms with van der Waals surface area (Å²) < 4.78 is 53.5. The highest BCUT2D eigenvalue weighted by molar-refractivity contribution is 6.20. The zero-order valence-electron chi connectivity index (χ0n) is 23.7. The topological polar surface area (TPSA) is 84.4 Å². The van der Waals surface area contributed by atoms with Gasteiger partial charge in [0.05, 0.1) is 11.3 Å². The second-order valence-electron chi connectivity index (χ2n) is 11.6. The fourth-order valence-corrected chi connectivity index (χ4v) is 6.25. The maximum absolute atomic E-state index is 15.6. The number of hydrogen-bond acceptors (Lipinski definition) is 4. The highest BCUT2D eigenvalue weighted by atomic mass is 19.4. The Morgan fingerprint density at radius 3 is 1.98 bits per heavy atom. The van der Waals surface area contributed by atoms with Gasteiger partial charge in [-0.2, -0.15) is 13.2 Å². The van der Waals surface area contributed by atoms with Crippen LogP contribution >= 0.6 is 0 Å². The number of H-pyrrole nitrogens is 1. The minimum Gasteiger partial charge on any atom is -0.457 e. The minimum atomic E-state index is -5.30. The van der Waals surface area contributed by atoms with E-state index >= 15 is 13.2 Å². The third kappa shape index (κ3) is 4.40. The average Bonchev–Trinajstić information content (AvgIpc) is 3.39. The monoisotopic (exact) mass is 587 g/mol. The summed E-state index contributed by atoms with van der Waals surface area (Å²) in [6.45, 7) is 4.86. The van der Waals surface area contributed by atoms with Crippen LogP contribution in [0.5, 0.6) is 11.5 Å². The number of aromatic amines is 1. The number of nitrogens with one attached hydrogen (secondary N) is 1. The van der Waals surface area contributed by atoms with Gasteiger partial charge in [0.15, 0.2) is 5.78 Å². The molecule has 10 heteroatoms. The first-order chi connectivity index (χ1) is 20.3. The normalized spacial score (nSPS) is 20.0. The number of ether oxygens (including phenoxy) is 1. The molecule has 0 bridgehead atoms. The van der Waals surface area contributed by atoms with Crippen molar-refractivity contribution >= 4 is 17.4 Å². The van der Waals surface area contributed by atoms with Gasteiger partial charge in [-0.05, 0) is 67.3 Å². The first kappa shape index (κ1) is 28.3. The maximum atomic E-state index is 15.6. The molecule has 43 heavy (non-hydrogen) atoms. The fourth-order valence-electron chi connectivity index (χ4n) is 6.25. The number of carbonyl (C=O) groups excluding carboxylic acids is 2. The number of Topliss-reactive ketones (excluding diaryl/α,β-unsaturated/α-hetero) is 1. The summed E-state index contributed by atoms with van der Waals surface area (Å²) in [6.07, 6.45) is -5.45. The summed E-state index contributed by atoms with van der Waals surface area (Å²) in [4.78, 5) is 42.9. The Morgan fingerprint density at radius 2 is 1.37 bits per heavy atom. The predicted molar refractivity (Wildman–Crippen MR) is 154 cm³/mol. The van der Waals surface area contributed by atoms with Gasteiger partial charge in [-0.25, -0.2) is 4.68 Å². The van der Waals surface area contributed by atoms with Crippen molar-refractivity contribution in [1.29, 1.82) is 0 Å². The lowest BCUT2D eigenvalue weighted by molar-refractivity contribution is -0.184. The number of para-hydroxylation sites is 2. The predicted octanol–water partition coefficient (Wildman–Crippen LogP) is 6.76. The van der Waals surface area contributed by atoms with Gasteiger partial charge in [-0.15, -0.1) is 0 Å². The van der Waals surface area contributed by atoms with Crippen molar-refractivity contribution in [3.63, 3.8) is 0 Å². The van der Waals surface area contributed by atoms with Crippen molar-refractivity contribution in [2.45, 2.75) is 45.2 Å². The Morgan fingerprint density at radius 1 is 0.791 bits per heavy atom. The summed E-state index contributed by atoms with van der Waals surface area (Å²) in [5.41, 5.74) is -6.50. The summed E-state index contributed by atoms with van der Waals surface area (Å²) in [5.74, 6) is -1.15. The van der Waals surface area contributed by atoms with Crippen molar-refractivity contribution in [1.82, 2.24) is 9.78 Å². The van der Waals surface area contributed by atoms with Crippen molar-refractivity contribution in [2.24, 2.45) is 5.41 Å². The number of rotatable bonds is 5. The quantitative estimate of drug-likeness (QED) is 0.280. The first-order valence-electron chi connectivity index (χ1n) is 13.7. The van der Waals surface area contributed by atoms with Crippen molar-refractivity contribution in [3.8, 4) is 17.2 Å². The van der Waals surface area contributed by atoms with Crippen LogP contribution in [-0.2, 0) is 15.0 Å². The summed E-state index contributed by atoms with van der Waals surface area (Å²) in [6, 6.07) is 23.1. The fraction of sp³-hybridized carbons (Fsp3) is 0.242. The van der Waals surface area contributed by atoms with Crippen LogP contribution in [0.4, 0.5) is 18.9 Å². The van der Waals surface area contributed by atoms with E-state index in [1.165, 1.54) is 31.2 Å². The van der Waals surface area contributed by atoms with Crippen LogP contribution in [-0.4, -0.2) is 27.6 Å². The standard InChI is InChI=1S/C33H28F3N3O4/c1-20-27(29(41)39(37-20)22-14-16-24(17-15-22)43-23-12-8-5-9-13-23)32(33(34,35)36)28-25(18-31(2,3)19-26(28)40)38(30(32)42)21-10-6-4-7-11-21/h4-17,37H,18-19H2,1-3H3. The Balaban J connectivity index is 1.53. The van der Waals surface area contributed by atoms with Gasteiger partial charge in [0.1, 0.15) is 11.5 Å². The number of ketones is 1. The summed E-state index contributed by atoms with van der Waals surface area (Å²) in [7, 11) is 0. The molecule has 220 valence electrons. The van der Waals surface area contributed by atoms with E-state index in [4.69, 9.17) is 4.74 Å². The van der Waals surface area contributed by atoms with Crippen molar-refractivity contribution in [3.05, 3.63) is 118 Å². The van der Waals surface area contributed by atoms with Crippen LogP contribution in [0.25, 0.3) is 5.69 Å². The second kappa shape index (κ2) is 9.86. The molecule has 2 heterocycles. The molecule has 0 spiro atoms. The van der Waals surface area contributed by atoms with Gasteiger partial charge < -0.3 is 4.74 Å². The van der Waals surface area contributed by atoms with Gasteiger partial charge in [0.25, 0.3) is 11.5 Å². The van der Waals surface area contributed by atoms with Crippen molar-refractivity contribution in [2.75, 3.05) is 4.90 Å². The number of hydrogen-bond donors (Lipinski definition) is 1. The van der Waals surface area contributed by atoms with Gasteiger partial charge in [-0.3, -0.25) is 24.4 Å². The zero-order chi connectivity index (χ0) is 30.7. The number of alkyl halides is 3. The average molecular weight is 588 g/mol. The molecule has 0 saturated heterocycles. The van der Waals surface area contributed by atoms with E-state index in [2.05, 4.69) is 5.10 Å². The zero-order valence-corrected chi connectivity index (χ0v) is 23.7. The Hall–Kier alpha value is -4.86. The highest BCUT2D eigenvalue weighted by Gasteiger charge is 2.73. The molecular weight excluding hydrogens is 559 g/mol. The molecule has 1 atom stereocenters. The van der Waals surface area contributed by atoms with E-state index in [9.17, 15) is 14.4 Å². The van der Waals surface area contributed by atoms with E-state index in [0.717, 1.165) is 9.58 Å². The number of anilines is 1. The summed E-state index contributed by atoms with van der Waals surface area (Å²) >= 11 is 0. The number of benzene rings is 3. The molecule has 1 aliphatic carbocycles. The van der Waals surface area contributed by atoms with E-state index in [0.29, 0.717) is 11.5 Å². The molecule has 6 rings (SSSR count). The Labute approximate surface area is 245 Å². The number of halogens is 3. The van der Waals surface area contributed by atoms with Gasteiger partial charge in [0, 0.05) is 29.1 Å². The maximum Gasteiger partial charge on any atom is 0.411 e. The van der Waals surface area contributed by atoms with Gasteiger partial charge >= 0.3 is 6.18 Å². The molecule has 0 radical (unpaired) electrons. The number of allylic oxidation sites excluding steroid dienone is 1. The molecule has 7 nitrogen and oxygen atoms in total. The van der Waals surface area contributed by atoms with Crippen LogP contribution in [0.3, 0.4) is 0 Å². The van der Waals surface area contributed by atoms with Crippen LogP contribution in [0, 0.1) is 12.3 Å². The number of amides is 1. The molecule has 0 saturated carbocycles. The lowest BCUT2D eigenvalue weighted by Crippen LogP contribution is -2.55. The van der Waals surface area contributed by atoms with Crippen molar-refractivity contribution < 1.29 is 27.5 Å². The molecular formula is C33H28F3N3O4. The second-order valence-corrected chi connectivity index (χ2v) is 11.6. The third-order valence-corrected chi connectivity index (χ3v) is 7.98. The molecule has 4 aromatic rings. The van der Waals surface area contributed by atoms with E-state index in [1.807, 2.05) is 18.2 Å². The van der Waals surface area contributed by atoms with E-state index in [-0.39, 0.29) is 35.6 Å². The van der Waals surface area contributed by atoms with Gasteiger partial charge in [0.2, 0.25) is 5.41 Å².